The molecule has 0 atom stereocenters. The molecule has 6 nitrogen and oxygen atoms in total. The van der Waals surface area contributed by atoms with Gasteiger partial charge in [0.05, 0.1) is 0 Å². The first kappa shape index (κ1) is 25.9. The molecule has 0 radical (unpaired) electrons. The van der Waals surface area contributed by atoms with Crippen molar-refractivity contribution in [1.82, 2.24) is 24.9 Å². The van der Waals surface area contributed by atoms with Gasteiger partial charge in [-0.15, -0.1) is 0 Å². The Balaban J connectivity index is 1.37. The fourth-order valence-electron chi connectivity index (χ4n) is 4.86. The molecule has 0 spiro atoms. The lowest BCUT2D eigenvalue weighted by Crippen LogP contribution is -1.91. The van der Waals surface area contributed by atoms with Gasteiger partial charge in [0, 0.05) is 121 Å². The third kappa shape index (κ3) is 5.59. The molecule has 1 aromatic carbocycles. The van der Waals surface area contributed by atoms with Gasteiger partial charge in [-0.2, -0.15) is 0 Å². The Kier molecular flexibility index (Phi) is 7.31. The molecule has 0 fully saturated rings. The van der Waals surface area contributed by atoms with Gasteiger partial charge in [-0.1, -0.05) is 0 Å². The molecule has 0 saturated heterocycles. The Morgan fingerprint density at radius 2 is 0.786 bits per heavy atom. The van der Waals surface area contributed by atoms with E-state index < -0.39 is 21.0 Å². The van der Waals surface area contributed by atoms with Crippen molar-refractivity contribution in [3.8, 4) is 44.5 Å². The highest BCUT2D eigenvalue weighted by atomic mass is 127. The van der Waals surface area contributed by atoms with E-state index in [-0.39, 0.29) is 0 Å². The summed E-state index contributed by atoms with van der Waals surface area (Å²) in [4.78, 5) is 21.7. The Morgan fingerprint density at radius 3 is 1.29 bits per heavy atom. The van der Waals surface area contributed by atoms with Crippen LogP contribution in [0, 0.1) is 0 Å². The lowest BCUT2D eigenvalue weighted by Gasteiger charge is -2.14. The standard InChI is InChI=1S/C35H23IN6/c1-7-37-8-2-24(1)30-16-32(21-40-19-30)27-13-28(33-17-31(20-41-22-33)25-3-9-38-10-4-25)15-29(14-27)35-18-34(23-42-36-35)26-5-11-39-12-6-26/h1-23H. The zero-order valence-electron chi connectivity index (χ0n) is 22.3. The molecule has 200 valence electrons. The van der Waals surface area contributed by atoms with Crippen molar-refractivity contribution >= 4 is 30.2 Å². The number of nitrogens with zero attached hydrogens (tertiary/aromatic N) is 6. The number of halogens is 1. The van der Waals surface area contributed by atoms with E-state index in [1.165, 1.54) is 3.58 Å². The van der Waals surface area contributed by atoms with Gasteiger partial charge in [-0.25, -0.2) is 3.15 Å². The third-order valence-corrected chi connectivity index (χ3v) is 9.01. The lowest BCUT2D eigenvalue weighted by atomic mass is 9.94. The van der Waals surface area contributed by atoms with E-state index in [0.29, 0.717) is 0 Å². The van der Waals surface area contributed by atoms with Crippen LogP contribution in [0.4, 0.5) is 0 Å². The Morgan fingerprint density at radius 1 is 0.381 bits per heavy atom. The fourth-order valence-corrected chi connectivity index (χ4v) is 6.67. The summed E-state index contributed by atoms with van der Waals surface area (Å²) in [5.74, 6) is 0. The molecule has 0 amide bonds. The molecule has 7 heteroatoms. The first-order valence-electron chi connectivity index (χ1n) is 13.3. The maximum Gasteiger partial charge on any atom is 0.0408 e. The SMILES string of the molecule is C1=C(c2ccncc2)C=C(c2cc(-c3cncc(-c4ccncc4)c3)cc(-c3cncc(-c4ccncc4)c3)c2)I=N1. The van der Waals surface area contributed by atoms with E-state index in [0.717, 1.165) is 61.2 Å². The van der Waals surface area contributed by atoms with Crippen molar-refractivity contribution < 1.29 is 0 Å². The van der Waals surface area contributed by atoms with Crippen LogP contribution in [0.1, 0.15) is 11.1 Å². The van der Waals surface area contributed by atoms with Crippen molar-refractivity contribution in [3.05, 3.63) is 152 Å². The fraction of sp³-hybridized carbons (Fsp3) is 0. The van der Waals surface area contributed by atoms with Crippen molar-refractivity contribution in [2.24, 2.45) is 3.15 Å². The summed E-state index contributed by atoms with van der Waals surface area (Å²) in [5, 5.41) is 0. The number of allylic oxidation sites excluding steroid dienone is 2. The zero-order chi connectivity index (χ0) is 28.1. The quantitative estimate of drug-likeness (QED) is 0.168. The molecule has 0 aliphatic carbocycles. The van der Waals surface area contributed by atoms with Gasteiger partial charge < -0.3 is 0 Å². The second-order valence-electron chi connectivity index (χ2n) is 9.69. The van der Waals surface area contributed by atoms with E-state index in [9.17, 15) is 0 Å². The summed E-state index contributed by atoms with van der Waals surface area (Å²) in [5.41, 5.74) is 11.9. The van der Waals surface area contributed by atoms with Crippen LogP contribution in [0.3, 0.4) is 0 Å². The normalized spacial score (nSPS) is 12.7. The maximum atomic E-state index is 4.83. The molecule has 0 saturated carbocycles. The second kappa shape index (κ2) is 11.8. The minimum Gasteiger partial charge on any atom is -0.265 e. The molecule has 0 N–H and O–H groups in total. The largest absolute Gasteiger partial charge is 0.265 e. The van der Waals surface area contributed by atoms with Gasteiger partial charge >= 0.3 is 0 Å². The van der Waals surface area contributed by atoms with Gasteiger partial charge in [0.25, 0.3) is 0 Å². The Bertz CT molecular complexity index is 1870. The molecular formula is C35H23IN6. The van der Waals surface area contributed by atoms with Crippen LogP contribution in [-0.2, 0) is 0 Å². The number of aromatic nitrogens is 5. The Hall–Kier alpha value is -5.02. The van der Waals surface area contributed by atoms with Crippen LogP contribution < -0.4 is 0 Å². The van der Waals surface area contributed by atoms with Crippen LogP contribution in [0.25, 0.3) is 53.7 Å². The van der Waals surface area contributed by atoms with Crippen LogP contribution in [-0.4, -0.2) is 24.9 Å². The predicted molar refractivity (Wildman–Crippen MR) is 176 cm³/mol. The van der Waals surface area contributed by atoms with Gasteiger partial charge in [-0.3, -0.25) is 24.9 Å². The molecule has 0 unspecified atom stereocenters. The second-order valence-corrected chi connectivity index (χ2v) is 11.9. The van der Waals surface area contributed by atoms with Crippen LogP contribution in [0.2, 0.25) is 0 Å². The van der Waals surface area contributed by atoms with Gasteiger partial charge in [0.2, 0.25) is 0 Å². The number of rotatable bonds is 6. The molecule has 0 bridgehead atoms. The average molecular weight is 655 g/mol. The molecular weight excluding hydrogens is 631 g/mol. The molecule has 6 heterocycles. The molecule has 42 heavy (non-hydrogen) atoms. The maximum absolute atomic E-state index is 4.83. The van der Waals surface area contributed by atoms with Crippen molar-refractivity contribution in [2.75, 3.05) is 0 Å². The highest BCUT2D eigenvalue weighted by Gasteiger charge is 2.13. The molecule has 7 rings (SSSR count). The summed E-state index contributed by atoms with van der Waals surface area (Å²) in [6, 6.07) is 23.2. The monoisotopic (exact) mass is 654 g/mol. The number of benzene rings is 1. The van der Waals surface area contributed by atoms with Crippen molar-refractivity contribution in [3.63, 3.8) is 0 Å². The minimum atomic E-state index is -0.552. The number of pyridine rings is 5. The van der Waals surface area contributed by atoms with E-state index in [1.807, 2.05) is 79.8 Å². The van der Waals surface area contributed by atoms with Gasteiger partial charge in [-0.05, 0) is 106 Å². The highest BCUT2D eigenvalue weighted by molar-refractivity contribution is 14.2. The minimum absolute atomic E-state index is 0.552. The van der Waals surface area contributed by atoms with Crippen molar-refractivity contribution in [2.45, 2.75) is 0 Å². The topological polar surface area (TPSA) is 76.8 Å². The lowest BCUT2D eigenvalue weighted by molar-refractivity contribution is 1.30. The first-order chi connectivity index (χ1) is 20.8. The molecule has 1 aliphatic rings. The molecule has 5 aromatic heterocycles. The average Bonchev–Trinajstić information content (AvgIpc) is 3.09. The van der Waals surface area contributed by atoms with E-state index in [2.05, 4.69) is 61.3 Å². The van der Waals surface area contributed by atoms with Gasteiger partial charge in [0.1, 0.15) is 0 Å². The summed E-state index contributed by atoms with van der Waals surface area (Å²) in [7, 11) is 0. The summed E-state index contributed by atoms with van der Waals surface area (Å²) in [6.45, 7) is 0. The van der Waals surface area contributed by atoms with Crippen molar-refractivity contribution in [1.29, 1.82) is 0 Å². The molecule has 6 aromatic rings. The van der Waals surface area contributed by atoms with E-state index in [1.54, 1.807) is 24.8 Å². The highest BCUT2D eigenvalue weighted by Crippen LogP contribution is 2.40. The summed E-state index contributed by atoms with van der Waals surface area (Å²) in [6.07, 6.45) is 22.8. The predicted octanol–water partition coefficient (Wildman–Crippen LogP) is 8.88. The van der Waals surface area contributed by atoms with Crippen LogP contribution in [0.5, 0.6) is 0 Å². The number of hydrogen-bond acceptors (Lipinski definition) is 6. The van der Waals surface area contributed by atoms with E-state index in [4.69, 9.17) is 3.15 Å². The van der Waals surface area contributed by atoms with Crippen LogP contribution >= 0.6 is 21.0 Å². The summed E-state index contributed by atoms with van der Waals surface area (Å²) < 4.78 is 6.08. The Labute approximate surface area is 253 Å². The summed E-state index contributed by atoms with van der Waals surface area (Å²) >= 11 is -0.552. The van der Waals surface area contributed by atoms with E-state index >= 15 is 0 Å². The van der Waals surface area contributed by atoms with Crippen LogP contribution in [0.15, 0.2) is 144 Å². The number of hydrogen-bond donors (Lipinski definition) is 0. The molecule has 1 aliphatic heterocycles. The first-order valence-corrected chi connectivity index (χ1v) is 15.4. The van der Waals surface area contributed by atoms with Gasteiger partial charge in [0.15, 0.2) is 0 Å². The third-order valence-electron chi connectivity index (χ3n) is 7.00. The smallest absolute Gasteiger partial charge is 0.0408 e. The zero-order valence-corrected chi connectivity index (χ0v) is 24.5.